The number of pyridine rings is 1. The first kappa shape index (κ1) is 22.2. The maximum absolute atomic E-state index is 12.2. The third-order valence-corrected chi connectivity index (χ3v) is 5.93. The largest absolute Gasteiger partial charge is 0.348 e. The van der Waals surface area contributed by atoms with Gasteiger partial charge in [0.25, 0.3) is 5.56 Å². The van der Waals surface area contributed by atoms with Gasteiger partial charge in [0.1, 0.15) is 0 Å². The SMILES string of the molecule is CC1=CC(=O)Cc2cc(C)ccc21.Cc1ccc2c(C)cc(=O)n(CC3OCCO3)c2c1. The zero-order valence-electron chi connectivity index (χ0n) is 19.1. The van der Waals surface area contributed by atoms with Gasteiger partial charge in [0.15, 0.2) is 12.1 Å². The zero-order valence-corrected chi connectivity index (χ0v) is 19.1. The van der Waals surface area contributed by atoms with Crippen molar-refractivity contribution in [3.05, 3.63) is 86.7 Å². The van der Waals surface area contributed by atoms with E-state index in [0.717, 1.165) is 27.6 Å². The van der Waals surface area contributed by atoms with Gasteiger partial charge in [-0.3, -0.25) is 9.59 Å². The van der Waals surface area contributed by atoms with E-state index in [0.29, 0.717) is 26.2 Å². The Morgan fingerprint density at radius 3 is 2.34 bits per heavy atom. The molecule has 166 valence electrons. The van der Waals surface area contributed by atoms with Crippen LogP contribution in [0.4, 0.5) is 0 Å². The predicted octanol–water partition coefficient (Wildman–Crippen LogP) is 4.51. The van der Waals surface area contributed by atoms with Crippen LogP contribution in [0.2, 0.25) is 0 Å². The van der Waals surface area contributed by atoms with Crippen LogP contribution < -0.4 is 5.56 Å². The van der Waals surface area contributed by atoms with Gasteiger partial charge in [-0.1, -0.05) is 35.9 Å². The first-order valence-corrected chi connectivity index (χ1v) is 11.0. The van der Waals surface area contributed by atoms with Gasteiger partial charge in [-0.05, 0) is 67.7 Å². The highest BCUT2D eigenvalue weighted by Gasteiger charge is 2.18. The molecule has 32 heavy (non-hydrogen) atoms. The molecule has 1 aliphatic heterocycles. The van der Waals surface area contributed by atoms with Gasteiger partial charge in [-0.2, -0.15) is 0 Å². The van der Waals surface area contributed by atoms with E-state index in [1.807, 2.05) is 26.8 Å². The fourth-order valence-electron chi connectivity index (χ4n) is 4.32. The number of nitrogens with zero attached hydrogens (tertiary/aromatic N) is 1. The molecule has 0 N–H and O–H groups in total. The van der Waals surface area contributed by atoms with Gasteiger partial charge in [0.05, 0.1) is 25.3 Å². The highest BCUT2D eigenvalue weighted by atomic mass is 16.7. The third kappa shape index (κ3) is 4.74. The molecular weight excluding hydrogens is 402 g/mol. The van der Waals surface area contributed by atoms with Crippen LogP contribution in [-0.4, -0.2) is 29.9 Å². The molecule has 2 heterocycles. The summed E-state index contributed by atoms with van der Waals surface area (Å²) >= 11 is 0. The van der Waals surface area contributed by atoms with Crippen LogP contribution in [0.15, 0.2) is 53.3 Å². The fourth-order valence-corrected chi connectivity index (χ4v) is 4.32. The third-order valence-electron chi connectivity index (χ3n) is 5.93. The van der Waals surface area contributed by atoms with Gasteiger partial charge in [0.2, 0.25) is 0 Å². The lowest BCUT2D eigenvalue weighted by Crippen LogP contribution is -2.27. The minimum absolute atomic E-state index is 0.00491. The Kier molecular flexibility index (Phi) is 6.40. The average molecular weight is 432 g/mol. The lowest BCUT2D eigenvalue weighted by atomic mass is 9.90. The van der Waals surface area contributed by atoms with Crippen molar-refractivity contribution in [1.82, 2.24) is 4.57 Å². The Bertz CT molecular complexity index is 1260. The van der Waals surface area contributed by atoms with Gasteiger partial charge in [-0.25, -0.2) is 0 Å². The molecule has 2 aliphatic rings. The normalized spacial score (nSPS) is 15.9. The zero-order chi connectivity index (χ0) is 22.8. The predicted molar refractivity (Wildman–Crippen MR) is 127 cm³/mol. The number of hydrogen-bond acceptors (Lipinski definition) is 4. The average Bonchev–Trinajstić information content (AvgIpc) is 3.24. The Labute approximate surface area is 188 Å². The lowest BCUT2D eigenvalue weighted by Gasteiger charge is -2.15. The smallest absolute Gasteiger partial charge is 0.251 e. The summed E-state index contributed by atoms with van der Waals surface area (Å²) < 4.78 is 12.6. The van der Waals surface area contributed by atoms with E-state index in [-0.39, 0.29) is 17.6 Å². The first-order valence-electron chi connectivity index (χ1n) is 11.0. The van der Waals surface area contributed by atoms with Crippen molar-refractivity contribution in [3.8, 4) is 0 Å². The molecule has 1 aromatic heterocycles. The van der Waals surface area contributed by atoms with Gasteiger partial charge >= 0.3 is 0 Å². The molecule has 5 heteroatoms. The van der Waals surface area contributed by atoms with E-state index in [1.54, 1.807) is 16.7 Å². The van der Waals surface area contributed by atoms with Crippen molar-refractivity contribution >= 4 is 22.3 Å². The molecule has 1 fully saturated rings. The van der Waals surface area contributed by atoms with E-state index in [4.69, 9.17) is 9.47 Å². The maximum Gasteiger partial charge on any atom is 0.251 e. The minimum Gasteiger partial charge on any atom is -0.348 e. The number of carbonyl (C=O) groups is 1. The Balaban J connectivity index is 0.000000165. The molecule has 3 aromatic rings. The molecule has 0 bridgehead atoms. The summed E-state index contributed by atoms with van der Waals surface area (Å²) in [5.74, 6) is 0.218. The molecule has 0 amide bonds. The summed E-state index contributed by atoms with van der Waals surface area (Å²) in [7, 11) is 0. The molecule has 0 spiro atoms. The Morgan fingerprint density at radius 2 is 1.59 bits per heavy atom. The topological polar surface area (TPSA) is 57.5 Å². The van der Waals surface area contributed by atoms with Crippen molar-refractivity contribution in [2.75, 3.05) is 13.2 Å². The fraction of sp³-hybridized carbons (Fsp3) is 0.333. The lowest BCUT2D eigenvalue weighted by molar-refractivity contribution is -0.114. The van der Waals surface area contributed by atoms with E-state index in [2.05, 4.69) is 37.3 Å². The number of ketones is 1. The van der Waals surface area contributed by atoms with Gasteiger partial charge in [-0.15, -0.1) is 0 Å². The highest BCUT2D eigenvalue weighted by molar-refractivity contribution is 6.01. The van der Waals surface area contributed by atoms with Gasteiger partial charge < -0.3 is 14.0 Å². The highest BCUT2D eigenvalue weighted by Crippen LogP contribution is 2.25. The standard InChI is InChI=1S/C15H17NO3.C12H12O/c1-10-3-4-12-11(2)8-14(17)16(13(12)7-10)9-15-18-5-6-19-15;1-8-3-4-12-9(2)6-11(13)7-10(12)5-8/h3-4,7-8,15H,5-6,9H2,1-2H3;3-6H,7H2,1-2H3. The number of rotatable bonds is 2. The van der Waals surface area contributed by atoms with Crippen LogP contribution in [0.25, 0.3) is 16.5 Å². The molecule has 0 atom stereocenters. The van der Waals surface area contributed by atoms with Crippen molar-refractivity contribution in [3.63, 3.8) is 0 Å². The molecule has 5 rings (SSSR count). The van der Waals surface area contributed by atoms with Gasteiger partial charge in [0, 0.05) is 17.9 Å². The number of carbonyl (C=O) groups excluding carboxylic acids is 1. The van der Waals surface area contributed by atoms with E-state index >= 15 is 0 Å². The minimum atomic E-state index is -0.316. The second kappa shape index (κ2) is 9.23. The number of fused-ring (bicyclic) bond motifs is 2. The molecule has 1 saturated heterocycles. The van der Waals surface area contributed by atoms with E-state index in [9.17, 15) is 9.59 Å². The summed E-state index contributed by atoms with van der Waals surface area (Å²) in [6.45, 7) is 9.68. The quantitative estimate of drug-likeness (QED) is 0.599. The summed E-state index contributed by atoms with van der Waals surface area (Å²) in [5, 5.41) is 1.10. The summed E-state index contributed by atoms with van der Waals surface area (Å²) in [4.78, 5) is 23.5. The maximum atomic E-state index is 12.2. The number of ether oxygens (including phenoxy) is 2. The van der Waals surface area contributed by atoms with Crippen LogP contribution in [0, 0.1) is 20.8 Å². The van der Waals surface area contributed by atoms with Crippen LogP contribution in [-0.2, 0) is 27.2 Å². The molecule has 2 aromatic carbocycles. The van der Waals surface area contributed by atoms with E-state index in [1.165, 1.54) is 16.7 Å². The summed E-state index contributed by atoms with van der Waals surface area (Å²) in [6.07, 6.45) is 1.98. The Hall–Kier alpha value is -3.02. The van der Waals surface area contributed by atoms with Crippen molar-refractivity contribution in [2.24, 2.45) is 0 Å². The van der Waals surface area contributed by atoms with Crippen molar-refractivity contribution < 1.29 is 14.3 Å². The van der Waals surface area contributed by atoms with E-state index < -0.39 is 0 Å². The molecular formula is C27H29NO4. The number of hydrogen-bond donors (Lipinski definition) is 0. The van der Waals surface area contributed by atoms with Crippen LogP contribution in [0.3, 0.4) is 0 Å². The summed E-state index contributed by atoms with van der Waals surface area (Å²) in [6, 6.07) is 14.1. The number of aryl methyl sites for hydroxylation is 3. The number of allylic oxidation sites excluding steroid dienone is 2. The second-order valence-corrected chi connectivity index (χ2v) is 8.60. The molecule has 5 nitrogen and oxygen atoms in total. The number of benzene rings is 2. The second-order valence-electron chi connectivity index (χ2n) is 8.60. The first-order chi connectivity index (χ1) is 15.3. The van der Waals surface area contributed by atoms with Crippen LogP contribution in [0.1, 0.15) is 34.7 Å². The Morgan fingerprint density at radius 1 is 0.906 bits per heavy atom. The molecule has 0 radical (unpaired) electrons. The van der Waals surface area contributed by atoms with Crippen molar-refractivity contribution in [2.45, 2.75) is 47.0 Å². The van der Waals surface area contributed by atoms with Crippen LogP contribution in [0.5, 0.6) is 0 Å². The molecule has 0 unspecified atom stereocenters. The number of aromatic nitrogens is 1. The van der Waals surface area contributed by atoms with Crippen molar-refractivity contribution in [1.29, 1.82) is 0 Å². The summed E-state index contributed by atoms with van der Waals surface area (Å²) in [5.41, 5.74) is 7.80. The molecule has 0 saturated carbocycles. The monoisotopic (exact) mass is 431 g/mol. The van der Waals surface area contributed by atoms with Crippen LogP contribution >= 0.6 is 0 Å². The molecule has 1 aliphatic carbocycles.